The van der Waals surface area contributed by atoms with Crippen LogP contribution in [-0.2, 0) is 14.3 Å². The molecule has 3 rings (SSSR count). The number of fused-ring (bicyclic) bond motifs is 2. The van der Waals surface area contributed by atoms with E-state index in [0.29, 0.717) is 6.42 Å². The molecule has 4 atom stereocenters. The van der Waals surface area contributed by atoms with E-state index in [1.165, 1.54) is 5.57 Å². The fourth-order valence-corrected chi connectivity index (χ4v) is 3.83. The maximum absolute atomic E-state index is 12.0. The predicted octanol–water partition coefficient (Wildman–Crippen LogP) is 3.60. The highest BCUT2D eigenvalue weighted by molar-refractivity contribution is 5.92. The Kier molecular flexibility index (Phi) is 4.71. The van der Waals surface area contributed by atoms with Gasteiger partial charge in [-0.2, -0.15) is 0 Å². The van der Waals surface area contributed by atoms with E-state index in [9.17, 15) is 9.90 Å². The Labute approximate surface area is 144 Å². The van der Waals surface area contributed by atoms with Gasteiger partial charge in [0, 0.05) is 5.57 Å². The number of aliphatic hydroxyl groups is 1. The second kappa shape index (κ2) is 6.49. The van der Waals surface area contributed by atoms with Gasteiger partial charge in [-0.25, -0.2) is 4.79 Å². The lowest BCUT2D eigenvalue weighted by Crippen LogP contribution is -2.15. The number of allylic oxidation sites excluding steroid dienone is 1. The summed E-state index contributed by atoms with van der Waals surface area (Å²) in [5.74, 6) is -0.224. The largest absolute Gasteiger partial charge is 0.450 e. The fraction of sp³-hybridized carbons (Fsp3) is 0.650. The molecule has 3 aliphatic rings. The second-order valence-corrected chi connectivity index (χ2v) is 7.73. The zero-order chi connectivity index (χ0) is 17.5. The molecule has 0 spiro atoms. The van der Waals surface area contributed by atoms with Crippen LogP contribution in [0.15, 0.2) is 34.4 Å². The number of carbonyl (C=O) groups is 1. The average Bonchev–Trinajstić information content (AvgIpc) is 3.06. The predicted molar refractivity (Wildman–Crippen MR) is 92.5 cm³/mol. The number of esters is 1. The first kappa shape index (κ1) is 17.4. The Hall–Kier alpha value is -1.39. The van der Waals surface area contributed by atoms with Gasteiger partial charge in [-0.05, 0) is 71.4 Å². The lowest BCUT2D eigenvalue weighted by Gasteiger charge is -2.15. The zero-order valence-electron chi connectivity index (χ0n) is 15.1. The molecule has 1 N–H and O–H groups in total. The minimum Gasteiger partial charge on any atom is -0.450 e. The van der Waals surface area contributed by atoms with E-state index < -0.39 is 6.10 Å². The molecule has 0 aromatic carbocycles. The molecule has 4 heteroatoms. The molecule has 0 aromatic heterocycles. The molecule has 2 aliphatic heterocycles. The maximum atomic E-state index is 12.0. The summed E-state index contributed by atoms with van der Waals surface area (Å²) >= 11 is 0. The molecule has 0 radical (unpaired) electrons. The van der Waals surface area contributed by atoms with E-state index in [0.717, 1.165) is 42.4 Å². The van der Waals surface area contributed by atoms with Crippen molar-refractivity contribution in [1.82, 2.24) is 0 Å². The molecule has 132 valence electrons. The van der Waals surface area contributed by atoms with Gasteiger partial charge >= 0.3 is 5.97 Å². The molecule has 0 saturated carbocycles. The van der Waals surface area contributed by atoms with Gasteiger partial charge in [0.25, 0.3) is 0 Å². The first-order valence-electron chi connectivity index (χ1n) is 8.89. The van der Waals surface area contributed by atoms with Crippen molar-refractivity contribution in [3.05, 3.63) is 34.4 Å². The highest BCUT2D eigenvalue weighted by Gasteiger charge is 2.51. The SMILES string of the molecule is CC1=C2CC[C@@]3(C)O[C@@H]3CC/C(C)=C\[C@H](O)C/C(C)=C/[C@@H]2OC1=O. The van der Waals surface area contributed by atoms with Gasteiger partial charge in [0.05, 0.1) is 17.8 Å². The zero-order valence-corrected chi connectivity index (χ0v) is 15.1. The number of carbonyl (C=O) groups excluding carboxylic acids is 1. The van der Waals surface area contributed by atoms with Crippen LogP contribution < -0.4 is 0 Å². The van der Waals surface area contributed by atoms with Crippen LogP contribution in [-0.4, -0.2) is 35.0 Å². The van der Waals surface area contributed by atoms with Gasteiger partial charge in [-0.3, -0.25) is 0 Å². The van der Waals surface area contributed by atoms with Crippen LogP contribution in [0.5, 0.6) is 0 Å². The van der Waals surface area contributed by atoms with Crippen LogP contribution in [0.3, 0.4) is 0 Å². The number of hydrogen-bond acceptors (Lipinski definition) is 4. The Bertz CT molecular complexity index is 628. The van der Waals surface area contributed by atoms with Gasteiger partial charge in [-0.15, -0.1) is 0 Å². The molecule has 0 aromatic rings. The van der Waals surface area contributed by atoms with Crippen LogP contribution in [0.2, 0.25) is 0 Å². The molecule has 0 unspecified atom stereocenters. The van der Waals surface area contributed by atoms with Gasteiger partial charge in [0.2, 0.25) is 0 Å². The lowest BCUT2D eigenvalue weighted by molar-refractivity contribution is -0.138. The molecule has 1 fully saturated rings. The number of epoxide rings is 1. The highest BCUT2D eigenvalue weighted by Crippen LogP contribution is 2.45. The lowest BCUT2D eigenvalue weighted by atomic mass is 9.90. The van der Waals surface area contributed by atoms with E-state index >= 15 is 0 Å². The number of ether oxygens (including phenoxy) is 2. The van der Waals surface area contributed by atoms with E-state index in [-0.39, 0.29) is 23.8 Å². The average molecular weight is 332 g/mol. The standard InChI is InChI=1S/C20H28O4/c1-12-5-6-18-20(4,24-18)8-7-16-14(3)19(22)23-17(16)11-13(2)10-15(21)9-12/h9,11,15,17-18,21H,5-8,10H2,1-4H3/b12-9-,13-11+/t15-,17-,18+,20+/m0/s1. The minimum atomic E-state index is -0.499. The van der Waals surface area contributed by atoms with Crippen molar-refractivity contribution >= 4 is 5.97 Å². The van der Waals surface area contributed by atoms with Crippen LogP contribution in [0.1, 0.15) is 59.8 Å². The second-order valence-electron chi connectivity index (χ2n) is 7.73. The third kappa shape index (κ3) is 3.65. The van der Waals surface area contributed by atoms with Crippen molar-refractivity contribution in [1.29, 1.82) is 0 Å². The summed E-state index contributed by atoms with van der Waals surface area (Å²) in [5, 5.41) is 10.3. The summed E-state index contributed by atoms with van der Waals surface area (Å²) in [7, 11) is 0. The third-order valence-electron chi connectivity index (χ3n) is 5.54. The van der Waals surface area contributed by atoms with E-state index in [1.807, 2.05) is 26.0 Å². The summed E-state index contributed by atoms with van der Waals surface area (Å²) < 4.78 is 11.5. The van der Waals surface area contributed by atoms with Crippen molar-refractivity contribution in [3.63, 3.8) is 0 Å². The molecule has 0 bridgehead atoms. The van der Waals surface area contributed by atoms with E-state index in [2.05, 4.69) is 13.8 Å². The fourth-order valence-electron chi connectivity index (χ4n) is 3.83. The van der Waals surface area contributed by atoms with Gasteiger partial charge in [0.15, 0.2) is 0 Å². The van der Waals surface area contributed by atoms with Crippen LogP contribution in [0.25, 0.3) is 0 Å². The Morgan fingerprint density at radius 2 is 1.92 bits per heavy atom. The number of hydrogen-bond donors (Lipinski definition) is 1. The van der Waals surface area contributed by atoms with Crippen molar-refractivity contribution in [2.24, 2.45) is 0 Å². The van der Waals surface area contributed by atoms with Gasteiger partial charge < -0.3 is 14.6 Å². The normalized spacial score (nSPS) is 42.0. The molecule has 1 aliphatic carbocycles. The molecular weight excluding hydrogens is 304 g/mol. The molecule has 0 amide bonds. The monoisotopic (exact) mass is 332 g/mol. The Balaban J connectivity index is 1.86. The van der Waals surface area contributed by atoms with Crippen molar-refractivity contribution in [2.45, 2.75) is 83.7 Å². The smallest absolute Gasteiger partial charge is 0.334 e. The number of rotatable bonds is 0. The van der Waals surface area contributed by atoms with Crippen molar-refractivity contribution in [2.75, 3.05) is 0 Å². The summed E-state index contributed by atoms with van der Waals surface area (Å²) in [5.41, 5.74) is 3.95. The van der Waals surface area contributed by atoms with Crippen LogP contribution >= 0.6 is 0 Å². The van der Waals surface area contributed by atoms with Gasteiger partial charge in [0.1, 0.15) is 6.10 Å². The summed E-state index contributed by atoms with van der Waals surface area (Å²) in [6.07, 6.45) is 7.63. The van der Waals surface area contributed by atoms with Crippen molar-refractivity contribution in [3.8, 4) is 0 Å². The Morgan fingerprint density at radius 1 is 1.17 bits per heavy atom. The van der Waals surface area contributed by atoms with Crippen LogP contribution in [0.4, 0.5) is 0 Å². The highest BCUT2D eigenvalue weighted by atomic mass is 16.6. The third-order valence-corrected chi connectivity index (χ3v) is 5.54. The quantitative estimate of drug-likeness (QED) is 0.418. The molecule has 24 heavy (non-hydrogen) atoms. The summed E-state index contributed by atoms with van der Waals surface area (Å²) in [6, 6.07) is 0. The summed E-state index contributed by atoms with van der Waals surface area (Å²) in [4.78, 5) is 12.0. The maximum Gasteiger partial charge on any atom is 0.334 e. The first-order valence-corrected chi connectivity index (χ1v) is 8.89. The molecule has 1 saturated heterocycles. The minimum absolute atomic E-state index is 0.0920. The van der Waals surface area contributed by atoms with E-state index in [1.54, 1.807) is 0 Å². The molecular formula is C20H28O4. The van der Waals surface area contributed by atoms with Crippen LogP contribution in [0, 0.1) is 0 Å². The molecule has 2 heterocycles. The number of aliphatic hydroxyl groups excluding tert-OH is 1. The summed E-state index contributed by atoms with van der Waals surface area (Å²) in [6.45, 7) is 8.05. The Morgan fingerprint density at radius 3 is 2.67 bits per heavy atom. The topological polar surface area (TPSA) is 59.1 Å². The first-order chi connectivity index (χ1) is 11.3. The van der Waals surface area contributed by atoms with E-state index in [4.69, 9.17) is 9.47 Å². The molecule has 4 nitrogen and oxygen atoms in total. The van der Waals surface area contributed by atoms with Crippen molar-refractivity contribution < 1.29 is 19.4 Å². The van der Waals surface area contributed by atoms with Gasteiger partial charge in [-0.1, -0.05) is 17.2 Å².